The summed E-state index contributed by atoms with van der Waals surface area (Å²) in [4.78, 5) is 24.4. The van der Waals surface area contributed by atoms with Crippen molar-refractivity contribution in [2.45, 2.75) is 25.9 Å². The molecule has 1 N–H and O–H groups in total. The fourth-order valence-corrected chi connectivity index (χ4v) is 3.07. The first kappa shape index (κ1) is 18.1. The molecule has 0 saturated heterocycles. The molecular weight excluding hydrogens is 356 g/mol. The molecule has 0 radical (unpaired) electrons. The first-order chi connectivity index (χ1) is 12.5. The Morgan fingerprint density at radius 2 is 2.08 bits per heavy atom. The minimum atomic E-state index is -0.588. The van der Waals surface area contributed by atoms with Crippen molar-refractivity contribution in [1.29, 1.82) is 0 Å². The summed E-state index contributed by atoms with van der Waals surface area (Å²) in [5.74, 6) is -0.0792. The van der Waals surface area contributed by atoms with Gasteiger partial charge in [-0.3, -0.25) is 9.36 Å². The van der Waals surface area contributed by atoms with E-state index < -0.39 is 5.76 Å². The smallest absolute Gasteiger partial charge is 0.420 e. The van der Waals surface area contributed by atoms with Crippen molar-refractivity contribution in [3.8, 4) is 5.75 Å². The van der Waals surface area contributed by atoms with Gasteiger partial charge in [-0.15, -0.1) is 0 Å². The van der Waals surface area contributed by atoms with E-state index in [1.165, 1.54) is 4.57 Å². The lowest BCUT2D eigenvalue weighted by molar-refractivity contribution is -0.122. The Morgan fingerprint density at radius 3 is 2.85 bits per heavy atom. The second-order valence-electron chi connectivity index (χ2n) is 6.05. The van der Waals surface area contributed by atoms with Gasteiger partial charge in [0.2, 0.25) is 5.91 Å². The van der Waals surface area contributed by atoms with Gasteiger partial charge in [-0.25, -0.2) is 4.79 Å². The van der Waals surface area contributed by atoms with Crippen LogP contribution in [0.15, 0.2) is 51.7 Å². The van der Waals surface area contributed by atoms with E-state index in [2.05, 4.69) is 5.32 Å². The van der Waals surface area contributed by atoms with Crippen LogP contribution < -0.4 is 15.8 Å². The third-order valence-corrected chi connectivity index (χ3v) is 4.29. The highest BCUT2D eigenvalue weighted by Crippen LogP contribution is 2.19. The number of carbonyl (C=O) groups is 1. The second kappa shape index (κ2) is 7.66. The second-order valence-corrected chi connectivity index (χ2v) is 6.49. The number of halogens is 1. The number of nitrogens with one attached hydrogen (secondary N) is 1. The van der Waals surface area contributed by atoms with E-state index in [0.717, 1.165) is 11.3 Å². The molecular formula is C19H19ClN2O4. The molecule has 1 aromatic heterocycles. The van der Waals surface area contributed by atoms with Gasteiger partial charge in [-0.1, -0.05) is 29.8 Å². The van der Waals surface area contributed by atoms with Crippen LogP contribution in [0.2, 0.25) is 5.02 Å². The zero-order valence-corrected chi connectivity index (χ0v) is 15.2. The first-order valence-electron chi connectivity index (χ1n) is 8.18. The highest BCUT2D eigenvalue weighted by atomic mass is 35.5. The number of methoxy groups -OCH3 is 1. The molecule has 26 heavy (non-hydrogen) atoms. The van der Waals surface area contributed by atoms with Gasteiger partial charge in [0.25, 0.3) is 0 Å². The number of benzene rings is 2. The molecule has 3 aromatic rings. The maximum atomic E-state index is 12.4. The lowest BCUT2D eigenvalue weighted by Crippen LogP contribution is -2.37. The average molecular weight is 375 g/mol. The minimum absolute atomic E-state index is 0.121. The molecule has 1 heterocycles. The number of amides is 1. The maximum absolute atomic E-state index is 12.4. The van der Waals surface area contributed by atoms with E-state index in [1.54, 1.807) is 25.3 Å². The number of hydrogen-bond donors (Lipinski definition) is 1. The predicted molar refractivity (Wildman–Crippen MR) is 99.8 cm³/mol. The number of oxazole rings is 1. The Bertz CT molecular complexity index is 993. The number of hydrogen-bond acceptors (Lipinski definition) is 4. The van der Waals surface area contributed by atoms with Crippen molar-refractivity contribution in [3.05, 3.63) is 63.6 Å². The summed E-state index contributed by atoms with van der Waals surface area (Å²) in [5, 5.41) is 3.37. The largest absolute Gasteiger partial charge is 0.496 e. The summed E-state index contributed by atoms with van der Waals surface area (Å²) in [5.41, 5.74) is 1.90. The van der Waals surface area contributed by atoms with Gasteiger partial charge >= 0.3 is 5.76 Å². The standard InChI is InChI=1S/C19H19ClN2O4/c1-12(9-13-5-3-4-6-16(13)25-2)21-18(23)11-22-15-8-7-14(20)10-17(15)26-19(22)24/h3-8,10,12H,9,11H2,1-2H3,(H,21,23)/t12-/m0/s1. The Hall–Kier alpha value is -2.73. The molecule has 0 aliphatic carbocycles. The summed E-state index contributed by atoms with van der Waals surface area (Å²) >= 11 is 5.90. The van der Waals surface area contributed by atoms with Crippen LogP contribution in [-0.4, -0.2) is 23.6 Å². The van der Waals surface area contributed by atoms with Crippen LogP contribution in [-0.2, 0) is 17.8 Å². The predicted octanol–water partition coefficient (Wildman–Crippen LogP) is 3.00. The number of aromatic nitrogens is 1. The topological polar surface area (TPSA) is 73.5 Å². The third kappa shape index (κ3) is 3.91. The zero-order valence-electron chi connectivity index (χ0n) is 14.5. The first-order valence-corrected chi connectivity index (χ1v) is 8.56. The molecule has 0 bridgehead atoms. The SMILES string of the molecule is COc1ccccc1C[C@H](C)NC(=O)Cn1c(=O)oc2cc(Cl)ccc21. The van der Waals surface area contributed by atoms with Crippen molar-refractivity contribution in [2.75, 3.05) is 7.11 Å². The van der Waals surface area contributed by atoms with Gasteiger partial charge < -0.3 is 14.5 Å². The van der Waals surface area contributed by atoms with Crippen molar-refractivity contribution >= 4 is 28.6 Å². The highest BCUT2D eigenvalue weighted by Gasteiger charge is 2.15. The van der Waals surface area contributed by atoms with E-state index in [0.29, 0.717) is 22.5 Å². The Morgan fingerprint density at radius 1 is 1.31 bits per heavy atom. The molecule has 0 aliphatic rings. The van der Waals surface area contributed by atoms with Crippen LogP contribution in [0.1, 0.15) is 12.5 Å². The number of nitrogens with zero attached hydrogens (tertiary/aromatic N) is 1. The van der Waals surface area contributed by atoms with Gasteiger partial charge in [0.1, 0.15) is 12.3 Å². The molecule has 0 spiro atoms. The Kier molecular flexibility index (Phi) is 5.32. The van der Waals surface area contributed by atoms with Crippen LogP contribution in [0.5, 0.6) is 5.75 Å². The van der Waals surface area contributed by atoms with Gasteiger partial charge in [-0.2, -0.15) is 0 Å². The molecule has 1 atom stereocenters. The number of fused-ring (bicyclic) bond motifs is 1. The summed E-state index contributed by atoms with van der Waals surface area (Å²) in [6.45, 7) is 1.78. The minimum Gasteiger partial charge on any atom is -0.496 e. The van der Waals surface area contributed by atoms with Crippen molar-refractivity contribution in [1.82, 2.24) is 9.88 Å². The van der Waals surface area contributed by atoms with E-state index in [4.69, 9.17) is 20.8 Å². The fraction of sp³-hybridized carbons (Fsp3) is 0.263. The highest BCUT2D eigenvalue weighted by molar-refractivity contribution is 6.31. The number of ether oxygens (including phenoxy) is 1. The molecule has 2 aromatic carbocycles. The molecule has 0 unspecified atom stereocenters. The Balaban J connectivity index is 1.69. The molecule has 0 fully saturated rings. The zero-order chi connectivity index (χ0) is 18.7. The normalized spacial score (nSPS) is 12.1. The summed E-state index contributed by atoms with van der Waals surface area (Å²) in [7, 11) is 1.62. The van der Waals surface area contributed by atoms with Crippen LogP contribution in [0.4, 0.5) is 0 Å². The Labute approximate surface area is 155 Å². The van der Waals surface area contributed by atoms with Crippen LogP contribution in [0.3, 0.4) is 0 Å². The van der Waals surface area contributed by atoms with Crippen molar-refractivity contribution in [2.24, 2.45) is 0 Å². The van der Waals surface area contributed by atoms with Gasteiger partial charge in [-0.05, 0) is 37.1 Å². The molecule has 6 nitrogen and oxygen atoms in total. The van der Waals surface area contributed by atoms with E-state index in [9.17, 15) is 9.59 Å². The van der Waals surface area contributed by atoms with Gasteiger partial charge in [0, 0.05) is 17.1 Å². The van der Waals surface area contributed by atoms with Crippen LogP contribution >= 0.6 is 11.6 Å². The van der Waals surface area contributed by atoms with E-state index in [-0.39, 0.29) is 18.5 Å². The molecule has 0 aliphatic heterocycles. The summed E-state index contributed by atoms with van der Waals surface area (Å²) in [6.07, 6.45) is 0.617. The van der Waals surface area contributed by atoms with Gasteiger partial charge in [0.15, 0.2) is 5.58 Å². The van der Waals surface area contributed by atoms with Crippen LogP contribution in [0, 0.1) is 0 Å². The van der Waals surface area contributed by atoms with E-state index in [1.807, 2.05) is 31.2 Å². The number of rotatable bonds is 6. The fourth-order valence-electron chi connectivity index (χ4n) is 2.91. The molecule has 1 amide bonds. The quantitative estimate of drug-likeness (QED) is 0.719. The van der Waals surface area contributed by atoms with Crippen LogP contribution in [0.25, 0.3) is 11.1 Å². The lowest BCUT2D eigenvalue weighted by atomic mass is 10.1. The third-order valence-electron chi connectivity index (χ3n) is 4.06. The molecule has 0 saturated carbocycles. The number of carbonyl (C=O) groups excluding carboxylic acids is 1. The summed E-state index contributed by atoms with van der Waals surface area (Å²) < 4.78 is 11.8. The average Bonchev–Trinajstić information content (AvgIpc) is 2.89. The molecule has 136 valence electrons. The van der Waals surface area contributed by atoms with Gasteiger partial charge in [0.05, 0.1) is 12.6 Å². The lowest BCUT2D eigenvalue weighted by Gasteiger charge is -2.16. The van der Waals surface area contributed by atoms with E-state index >= 15 is 0 Å². The monoisotopic (exact) mass is 374 g/mol. The molecule has 7 heteroatoms. The van der Waals surface area contributed by atoms with Crippen molar-refractivity contribution in [3.63, 3.8) is 0 Å². The molecule has 3 rings (SSSR count). The summed E-state index contributed by atoms with van der Waals surface area (Å²) in [6, 6.07) is 12.4. The maximum Gasteiger partial charge on any atom is 0.420 e. The van der Waals surface area contributed by atoms with Crippen molar-refractivity contribution < 1.29 is 13.9 Å². The number of para-hydroxylation sites is 1.